The number of rotatable bonds is 54. The second kappa shape index (κ2) is 49.4. The molecule has 0 aromatic rings. The van der Waals surface area contributed by atoms with Crippen molar-refractivity contribution in [1.82, 2.24) is 20.4 Å². The Bertz CT molecular complexity index is 996. The van der Waals surface area contributed by atoms with Gasteiger partial charge in [0.1, 0.15) is 12.1 Å². The number of piperazine rings is 1. The Morgan fingerprint density at radius 2 is 0.559 bits per heavy atom. The zero-order valence-corrected chi connectivity index (χ0v) is 46.3. The first-order chi connectivity index (χ1) is 33.3. The topological polar surface area (TPSA) is 105 Å². The van der Waals surface area contributed by atoms with Gasteiger partial charge in [0.15, 0.2) is 0 Å². The number of hydrogen-bond acceptors (Lipinski definition) is 6. The lowest BCUT2D eigenvalue weighted by atomic mass is 10.0. The number of amides is 2. The van der Waals surface area contributed by atoms with Crippen LogP contribution in [0, 0.1) is 0 Å². The van der Waals surface area contributed by atoms with E-state index in [9.17, 15) is 19.8 Å². The normalized spacial score (nSPS) is 16.2. The van der Waals surface area contributed by atoms with Gasteiger partial charge in [0, 0.05) is 13.1 Å². The lowest BCUT2D eigenvalue weighted by molar-refractivity contribution is -0.137. The molecule has 1 fully saturated rings. The summed E-state index contributed by atoms with van der Waals surface area (Å²) in [7, 11) is 0. The SMILES string of the molecule is CCCCCCCCCCCCN(CCCC[C@H]1NC(=O)[C@@H](CCCCN(CCCCCCCCCCCC)C[C@@H](O)CCCCCCCCCC)NC1=O)C[C@H](O)CCCCCCCCCC. The van der Waals surface area contributed by atoms with E-state index in [4.69, 9.17) is 0 Å². The van der Waals surface area contributed by atoms with Crippen LogP contribution in [-0.4, -0.2) is 95.4 Å². The Morgan fingerprint density at radius 1 is 0.338 bits per heavy atom. The molecule has 1 aliphatic heterocycles. The first-order valence-corrected chi connectivity index (χ1v) is 30.8. The standard InChI is InChI=1S/C60H120N4O4/c1-5-9-13-17-21-25-27-31-35-41-49-63(53-55(65)45-37-33-29-23-19-15-11-7-3)51-43-39-47-57-59(67)62-58(60(68)61-57)48-40-44-52-64(50-42-36-32-28-26-22-18-14-10-6-2)54-56(66)46-38-34-30-24-20-16-12-8-4/h55-58,65-66H,5-54H2,1-4H3,(H,61,68)(H,62,67)/t55-,56+,57-,58-/m1/s1. The summed E-state index contributed by atoms with van der Waals surface area (Å²) in [5.74, 6) is -0.0754. The van der Waals surface area contributed by atoms with E-state index < -0.39 is 12.1 Å². The number of nitrogens with one attached hydrogen (secondary N) is 2. The second-order valence-corrected chi connectivity index (χ2v) is 21.9. The van der Waals surface area contributed by atoms with Gasteiger partial charge in [0.05, 0.1) is 12.2 Å². The number of nitrogens with zero attached hydrogens (tertiary/aromatic N) is 2. The van der Waals surface area contributed by atoms with Gasteiger partial charge < -0.3 is 30.6 Å². The summed E-state index contributed by atoms with van der Waals surface area (Å²) < 4.78 is 0. The fourth-order valence-electron chi connectivity index (χ4n) is 10.5. The van der Waals surface area contributed by atoms with Crippen molar-refractivity contribution < 1.29 is 19.8 Å². The molecule has 404 valence electrons. The molecule has 0 aromatic heterocycles. The zero-order valence-electron chi connectivity index (χ0n) is 46.3. The van der Waals surface area contributed by atoms with Gasteiger partial charge in [-0.2, -0.15) is 0 Å². The van der Waals surface area contributed by atoms with Gasteiger partial charge in [0.25, 0.3) is 0 Å². The van der Waals surface area contributed by atoms with Crippen molar-refractivity contribution in [1.29, 1.82) is 0 Å². The van der Waals surface area contributed by atoms with Crippen LogP contribution in [0.25, 0.3) is 0 Å². The van der Waals surface area contributed by atoms with E-state index >= 15 is 0 Å². The minimum absolute atomic E-state index is 0.0377. The largest absolute Gasteiger partial charge is 0.392 e. The Labute approximate surface area is 424 Å². The zero-order chi connectivity index (χ0) is 49.4. The van der Waals surface area contributed by atoms with E-state index in [2.05, 4.69) is 48.1 Å². The van der Waals surface area contributed by atoms with Crippen molar-refractivity contribution in [2.24, 2.45) is 0 Å². The highest BCUT2D eigenvalue weighted by molar-refractivity contribution is 5.96. The van der Waals surface area contributed by atoms with Crippen molar-refractivity contribution in [3.05, 3.63) is 0 Å². The summed E-state index contributed by atoms with van der Waals surface area (Å²) in [6.07, 6.45) is 53.4. The van der Waals surface area contributed by atoms with Crippen LogP contribution in [0.4, 0.5) is 0 Å². The Hall–Kier alpha value is -1.22. The molecule has 2 amide bonds. The molecule has 8 heteroatoms. The molecule has 4 atom stereocenters. The van der Waals surface area contributed by atoms with Crippen LogP contribution in [0.15, 0.2) is 0 Å². The molecule has 1 saturated heterocycles. The quantitative estimate of drug-likeness (QED) is 0.0453. The molecule has 0 aliphatic carbocycles. The highest BCUT2D eigenvalue weighted by Crippen LogP contribution is 2.18. The lowest BCUT2D eigenvalue weighted by Crippen LogP contribution is -2.61. The summed E-state index contributed by atoms with van der Waals surface area (Å²) in [6.45, 7) is 14.5. The van der Waals surface area contributed by atoms with Crippen molar-refractivity contribution in [2.45, 2.75) is 335 Å². The van der Waals surface area contributed by atoms with Crippen molar-refractivity contribution in [2.75, 3.05) is 39.3 Å². The van der Waals surface area contributed by atoms with Crippen molar-refractivity contribution >= 4 is 11.8 Å². The van der Waals surface area contributed by atoms with Gasteiger partial charge in [-0.3, -0.25) is 9.59 Å². The number of carbonyl (C=O) groups is 2. The van der Waals surface area contributed by atoms with Gasteiger partial charge in [-0.25, -0.2) is 0 Å². The summed E-state index contributed by atoms with van der Waals surface area (Å²) in [5, 5.41) is 28.3. The van der Waals surface area contributed by atoms with Gasteiger partial charge in [-0.05, 0) is 90.4 Å². The predicted octanol–water partition coefficient (Wildman–Crippen LogP) is 15.5. The molecule has 0 aromatic carbocycles. The second-order valence-electron chi connectivity index (χ2n) is 21.9. The van der Waals surface area contributed by atoms with Gasteiger partial charge in [0.2, 0.25) is 11.8 Å². The molecule has 0 spiro atoms. The van der Waals surface area contributed by atoms with Crippen LogP contribution in [0.2, 0.25) is 0 Å². The van der Waals surface area contributed by atoms with Crippen LogP contribution in [0.3, 0.4) is 0 Å². The van der Waals surface area contributed by atoms with E-state index in [-0.39, 0.29) is 24.0 Å². The third-order valence-electron chi connectivity index (χ3n) is 15.1. The average molecular weight is 962 g/mol. The molecule has 0 unspecified atom stereocenters. The molecule has 4 N–H and O–H groups in total. The van der Waals surface area contributed by atoms with Crippen LogP contribution >= 0.6 is 0 Å². The Kier molecular flexibility index (Phi) is 47.0. The van der Waals surface area contributed by atoms with Gasteiger partial charge in [-0.15, -0.1) is 0 Å². The summed E-state index contributed by atoms with van der Waals surface area (Å²) in [4.78, 5) is 31.5. The van der Waals surface area contributed by atoms with E-state index in [0.29, 0.717) is 12.8 Å². The van der Waals surface area contributed by atoms with Crippen LogP contribution in [0.5, 0.6) is 0 Å². The smallest absolute Gasteiger partial charge is 0.243 e. The number of unbranched alkanes of at least 4 members (excludes halogenated alkanes) is 34. The van der Waals surface area contributed by atoms with E-state index in [1.54, 1.807) is 0 Å². The van der Waals surface area contributed by atoms with Crippen LogP contribution in [-0.2, 0) is 9.59 Å². The van der Waals surface area contributed by atoms with Crippen LogP contribution in [0.1, 0.15) is 310 Å². The highest BCUT2D eigenvalue weighted by Gasteiger charge is 2.32. The molecule has 1 heterocycles. The Morgan fingerprint density at radius 3 is 0.824 bits per heavy atom. The number of aliphatic hydroxyl groups is 2. The molecular weight excluding hydrogens is 841 g/mol. The lowest BCUT2D eigenvalue weighted by Gasteiger charge is -2.30. The van der Waals surface area contributed by atoms with Crippen LogP contribution < -0.4 is 10.6 Å². The number of aliphatic hydroxyl groups excluding tert-OH is 2. The fraction of sp³-hybridized carbons (Fsp3) is 0.967. The molecular formula is C60H120N4O4. The molecule has 0 saturated carbocycles. The van der Waals surface area contributed by atoms with Crippen molar-refractivity contribution in [3.8, 4) is 0 Å². The van der Waals surface area contributed by atoms with E-state index in [1.807, 2.05) is 0 Å². The predicted molar refractivity (Wildman–Crippen MR) is 295 cm³/mol. The Balaban J connectivity index is 2.51. The highest BCUT2D eigenvalue weighted by atomic mass is 16.3. The fourth-order valence-corrected chi connectivity index (χ4v) is 10.5. The minimum atomic E-state index is -0.458. The maximum Gasteiger partial charge on any atom is 0.243 e. The first kappa shape index (κ1) is 64.8. The minimum Gasteiger partial charge on any atom is -0.392 e. The third-order valence-corrected chi connectivity index (χ3v) is 15.1. The number of carbonyl (C=O) groups excluding carboxylic acids is 2. The molecule has 0 bridgehead atoms. The van der Waals surface area contributed by atoms with Crippen molar-refractivity contribution in [3.63, 3.8) is 0 Å². The molecule has 8 nitrogen and oxygen atoms in total. The monoisotopic (exact) mass is 961 g/mol. The van der Waals surface area contributed by atoms with E-state index in [0.717, 1.165) is 90.6 Å². The molecule has 1 aliphatic rings. The average Bonchev–Trinajstić information content (AvgIpc) is 3.33. The molecule has 68 heavy (non-hydrogen) atoms. The summed E-state index contributed by atoms with van der Waals surface area (Å²) >= 11 is 0. The van der Waals surface area contributed by atoms with Gasteiger partial charge >= 0.3 is 0 Å². The van der Waals surface area contributed by atoms with Gasteiger partial charge in [-0.1, -0.05) is 246 Å². The maximum atomic E-state index is 13.3. The summed E-state index contributed by atoms with van der Waals surface area (Å²) in [6, 6.07) is -0.915. The number of hydrogen-bond donors (Lipinski definition) is 4. The third kappa shape index (κ3) is 40.4. The molecule has 1 rings (SSSR count). The van der Waals surface area contributed by atoms with E-state index in [1.165, 1.54) is 218 Å². The first-order valence-electron chi connectivity index (χ1n) is 30.8. The molecule has 0 radical (unpaired) electrons. The maximum absolute atomic E-state index is 13.3. The summed E-state index contributed by atoms with van der Waals surface area (Å²) in [5.41, 5.74) is 0.